The molecular formula is C16H30N4O. The number of nitrogens with zero attached hydrogens (tertiary/aromatic N) is 2. The van der Waals surface area contributed by atoms with Crippen molar-refractivity contribution in [2.75, 3.05) is 27.7 Å². The number of amides is 1. The Labute approximate surface area is 128 Å². The van der Waals surface area contributed by atoms with Gasteiger partial charge in [-0.2, -0.15) is 0 Å². The quantitative estimate of drug-likeness (QED) is 0.614. The monoisotopic (exact) mass is 294 g/mol. The van der Waals surface area contributed by atoms with Crippen LogP contribution in [0.1, 0.15) is 44.9 Å². The fraction of sp³-hybridized carbons (Fsp3) is 0.875. The second kappa shape index (κ2) is 7.66. The van der Waals surface area contributed by atoms with Crippen LogP contribution in [0.15, 0.2) is 4.99 Å². The van der Waals surface area contributed by atoms with Crippen LogP contribution >= 0.6 is 0 Å². The maximum Gasteiger partial charge on any atom is 0.241 e. The van der Waals surface area contributed by atoms with E-state index in [2.05, 4.69) is 15.6 Å². The van der Waals surface area contributed by atoms with Crippen LogP contribution in [0.3, 0.4) is 0 Å². The molecule has 3 atom stereocenters. The van der Waals surface area contributed by atoms with E-state index in [0.717, 1.165) is 17.8 Å². The van der Waals surface area contributed by atoms with Crippen molar-refractivity contribution in [2.45, 2.75) is 51.0 Å². The number of hydrogen-bond acceptors (Lipinski definition) is 2. The molecule has 0 spiro atoms. The third-order valence-electron chi connectivity index (χ3n) is 5.01. The third kappa shape index (κ3) is 4.61. The molecule has 5 nitrogen and oxygen atoms in total. The van der Waals surface area contributed by atoms with E-state index < -0.39 is 0 Å². The van der Waals surface area contributed by atoms with Crippen LogP contribution in [0.5, 0.6) is 0 Å². The smallest absolute Gasteiger partial charge is 0.241 e. The van der Waals surface area contributed by atoms with E-state index in [1.807, 2.05) is 0 Å². The van der Waals surface area contributed by atoms with Crippen molar-refractivity contribution in [1.29, 1.82) is 0 Å². The van der Waals surface area contributed by atoms with Gasteiger partial charge in [0.25, 0.3) is 0 Å². The maximum atomic E-state index is 11.6. The predicted molar refractivity (Wildman–Crippen MR) is 86.3 cm³/mol. The summed E-state index contributed by atoms with van der Waals surface area (Å²) in [7, 11) is 5.30. The SMILES string of the molecule is CN=C(NCC(=O)N(C)C)NC1CCC2CCCCC2C1. The van der Waals surface area contributed by atoms with E-state index >= 15 is 0 Å². The van der Waals surface area contributed by atoms with Gasteiger partial charge in [-0.3, -0.25) is 9.79 Å². The van der Waals surface area contributed by atoms with E-state index in [1.54, 1.807) is 26.0 Å². The Kier molecular flexibility index (Phi) is 5.88. The highest BCUT2D eigenvalue weighted by Crippen LogP contribution is 2.40. The lowest BCUT2D eigenvalue weighted by Crippen LogP contribution is -2.48. The Bertz CT molecular complexity index is 380. The normalized spacial score (nSPS) is 29.5. The van der Waals surface area contributed by atoms with Crippen LogP contribution in [0, 0.1) is 11.8 Å². The average Bonchev–Trinajstić information content (AvgIpc) is 2.50. The van der Waals surface area contributed by atoms with Gasteiger partial charge in [0.15, 0.2) is 5.96 Å². The van der Waals surface area contributed by atoms with Gasteiger partial charge >= 0.3 is 0 Å². The molecule has 3 unspecified atom stereocenters. The summed E-state index contributed by atoms with van der Waals surface area (Å²) in [5, 5.41) is 6.62. The van der Waals surface area contributed by atoms with Crippen LogP contribution in [0.4, 0.5) is 0 Å². The van der Waals surface area contributed by atoms with Gasteiger partial charge in [-0.05, 0) is 31.1 Å². The topological polar surface area (TPSA) is 56.7 Å². The summed E-state index contributed by atoms with van der Waals surface area (Å²) < 4.78 is 0. The Balaban J connectivity index is 1.78. The maximum absolute atomic E-state index is 11.6. The summed E-state index contributed by atoms with van der Waals surface area (Å²) in [6.07, 6.45) is 9.48. The molecule has 21 heavy (non-hydrogen) atoms. The van der Waals surface area contributed by atoms with Crippen LogP contribution in [-0.2, 0) is 4.79 Å². The van der Waals surface area contributed by atoms with Gasteiger partial charge in [-0.15, -0.1) is 0 Å². The summed E-state index contributed by atoms with van der Waals surface area (Å²) in [6.45, 7) is 0.297. The summed E-state index contributed by atoms with van der Waals surface area (Å²) in [5.74, 6) is 2.67. The summed E-state index contributed by atoms with van der Waals surface area (Å²) >= 11 is 0. The van der Waals surface area contributed by atoms with Crippen LogP contribution in [-0.4, -0.2) is 50.5 Å². The van der Waals surface area contributed by atoms with Gasteiger partial charge < -0.3 is 15.5 Å². The van der Waals surface area contributed by atoms with Crippen molar-refractivity contribution in [3.05, 3.63) is 0 Å². The standard InChI is InChI=1S/C16H30N4O/c1-17-16(18-11-15(21)20(2)3)19-14-9-8-12-6-4-5-7-13(12)10-14/h12-14H,4-11H2,1-3H3,(H2,17,18,19). The Morgan fingerprint density at radius 2 is 1.86 bits per heavy atom. The lowest BCUT2D eigenvalue weighted by molar-refractivity contribution is -0.127. The van der Waals surface area contributed by atoms with Gasteiger partial charge in [0, 0.05) is 27.2 Å². The number of likely N-dealkylation sites (N-methyl/N-ethyl adjacent to an activating group) is 1. The van der Waals surface area contributed by atoms with E-state index in [0.29, 0.717) is 12.6 Å². The summed E-state index contributed by atoms with van der Waals surface area (Å²) in [6, 6.07) is 0.505. The van der Waals surface area contributed by atoms with Crippen molar-refractivity contribution >= 4 is 11.9 Å². The zero-order valence-electron chi connectivity index (χ0n) is 13.7. The molecule has 5 heteroatoms. The predicted octanol–water partition coefficient (Wildman–Crippen LogP) is 1.60. The first-order chi connectivity index (χ1) is 10.1. The number of aliphatic imine (C=N–C) groups is 1. The molecule has 0 heterocycles. The minimum Gasteiger partial charge on any atom is -0.354 e. The van der Waals surface area contributed by atoms with E-state index in [-0.39, 0.29) is 5.91 Å². The molecule has 2 fully saturated rings. The molecule has 2 saturated carbocycles. The molecule has 0 aromatic carbocycles. The molecule has 120 valence electrons. The largest absolute Gasteiger partial charge is 0.354 e. The first kappa shape index (κ1) is 16.1. The number of fused-ring (bicyclic) bond motifs is 1. The number of rotatable bonds is 3. The number of carbonyl (C=O) groups excluding carboxylic acids is 1. The molecule has 2 rings (SSSR count). The number of nitrogens with one attached hydrogen (secondary N) is 2. The Morgan fingerprint density at radius 3 is 2.52 bits per heavy atom. The lowest BCUT2D eigenvalue weighted by atomic mass is 9.69. The first-order valence-electron chi connectivity index (χ1n) is 8.27. The summed E-state index contributed by atoms with van der Waals surface area (Å²) in [4.78, 5) is 17.5. The van der Waals surface area contributed by atoms with Crippen molar-refractivity contribution in [3.63, 3.8) is 0 Å². The molecule has 0 saturated heterocycles. The number of carbonyl (C=O) groups is 1. The van der Waals surface area contributed by atoms with Gasteiger partial charge in [0.05, 0.1) is 6.54 Å². The molecule has 0 aliphatic heterocycles. The highest BCUT2D eigenvalue weighted by Gasteiger charge is 2.32. The fourth-order valence-electron chi connectivity index (χ4n) is 3.71. The molecular weight excluding hydrogens is 264 g/mol. The first-order valence-corrected chi connectivity index (χ1v) is 8.27. The molecule has 2 aliphatic carbocycles. The van der Waals surface area contributed by atoms with Crippen molar-refractivity contribution in [3.8, 4) is 0 Å². The van der Waals surface area contributed by atoms with Crippen molar-refractivity contribution in [2.24, 2.45) is 16.8 Å². The summed E-state index contributed by atoms with van der Waals surface area (Å²) in [5.41, 5.74) is 0. The lowest BCUT2D eigenvalue weighted by Gasteiger charge is -2.39. The second-order valence-corrected chi connectivity index (χ2v) is 6.67. The van der Waals surface area contributed by atoms with E-state index in [1.165, 1.54) is 44.9 Å². The second-order valence-electron chi connectivity index (χ2n) is 6.67. The van der Waals surface area contributed by atoms with E-state index in [9.17, 15) is 4.79 Å². The Hall–Kier alpha value is -1.26. The van der Waals surface area contributed by atoms with Gasteiger partial charge in [-0.25, -0.2) is 0 Å². The molecule has 0 radical (unpaired) electrons. The fourth-order valence-corrected chi connectivity index (χ4v) is 3.71. The Morgan fingerprint density at radius 1 is 1.14 bits per heavy atom. The van der Waals surface area contributed by atoms with E-state index in [4.69, 9.17) is 0 Å². The average molecular weight is 294 g/mol. The molecule has 0 aromatic rings. The van der Waals surface area contributed by atoms with Gasteiger partial charge in [0.1, 0.15) is 0 Å². The van der Waals surface area contributed by atoms with Crippen molar-refractivity contribution in [1.82, 2.24) is 15.5 Å². The van der Waals surface area contributed by atoms with Crippen LogP contribution in [0.2, 0.25) is 0 Å². The van der Waals surface area contributed by atoms with Crippen LogP contribution < -0.4 is 10.6 Å². The molecule has 0 bridgehead atoms. The third-order valence-corrected chi connectivity index (χ3v) is 5.01. The highest BCUT2D eigenvalue weighted by atomic mass is 16.2. The molecule has 1 amide bonds. The van der Waals surface area contributed by atoms with Gasteiger partial charge in [0.2, 0.25) is 5.91 Å². The molecule has 2 N–H and O–H groups in total. The highest BCUT2D eigenvalue weighted by molar-refractivity contribution is 5.86. The number of guanidine groups is 1. The number of hydrogen-bond donors (Lipinski definition) is 2. The minimum absolute atomic E-state index is 0.0638. The minimum atomic E-state index is 0.0638. The zero-order chi connectivity index (χ0) is 15.2. The molecule has 0 aromatic heterocycles. The van der Waals surface area contributed by atoms with Crippen molar-refractivity contribution < 1.29 is 4.79 Å². The molecule has 2 aliphatic rings. The van der Waals surface area contributed by atoms with Crippen LogP contribution in [0.25, 0.3) is 0 Å². The zero-order valence-corrected chi connectivity index (χ0v) is 13.7. The van der Waals surface area contributed by atoms with Gasteiger partial charge in [-0.1, -0.05) is 25.7 Å².